The third-order valence-corrected chi connectivity index (χ3v) is 2.71. The van der Waals surface area contributed by atoms with E-state index in [4.69, 9.17) is 14.2 Å². The Balaban J connectivity index is 2.03. The van der Waals surface area contributed by atoms with Crippen LogP contribution in [0.2, 0.25) is 0 Å². The monoisotopic (exact) mass is 301 g/mol. The molecule has 0 aliphatic heterocycles. The van der Waals surface area contributed by atoms with Gasteiger partial charge in [0.15, 0.2) is 11.5 Å². The number of ether oxygens (including phenoxy) is 3. The molecular weight excluding hydrogens is 282 g/mol. The lowest BCUT2D eigenvalue weighted by atomic mass is 10.3. The van der Waals surface area contributed by atoms with E-state index < -0.39 is 12.4 Å². The number of carbonyl (C=O) groups excluding carboxylic acids is 1. The van der Waals surface area contributed by atoms with E-state index in [1.807, 2.05) is 49.4 Å². The Bertz CT molecular complexity index is 601. The molecule has 0 saturated carbocycles. The van der Waals surface area contributed by atoms with E-state index in [1.165, 1.54) is 0 Å². The third-order valence-electron chi connectivity index (χ3n) is 2.71. The first kappa shape index (κ1) is 15.7. The number of rotatable bonds is 6. The molecule has 1 N–H and O–H groups in total. The van der Waals surface area contributed by atoms with Gasteiger partial charge in [-0.05, 0) is 31.2 Å². The largest absolute Gasteiger partial charge is 0.453 e. The lowest BCUT2D eigenvalue weighted by Gasteiger charge is -2.17. The minimum atomic E-state index is -0.730. The molecule has 2 aromatic carbocycles. The molecule has 0 saturated heterocycles. The highest BCUT2D eigenvalue weighted by atomic mass is 16.7. The quantitative estimate of drug-likeness (QED) is 0.821. The van der Waals surface area contributed by atoms with Gasteiger partial charge in [0.25, 0.3) is 0 Å². The summed E-state index contributed by atoms with van der Waals surface area (Å²) >= 11 is 0. The Morgan fingerprint density at radius 2 is 1.68 bits per heavy atom. The van der Waals surface area contributed by atoms with Crippen molar-refractivity contribution < 1.29 is 19.0 Å². The highest BCUT2D eigenvalue weighted by Crippen LogP contribution is 2.31. The summed E-state index contributed by atoms with van der Waals surface area (Å²) in [6, 6.07) is 16.6. The van der Waals surface area contributed by atoms with Gasteiger partial charge in [0.1, 0.15) is 5.75 Å². The van der Waals surface area contributed by atoms with Crippen molar-refractivity contribution in [2.24, 2.45) is 0 Å². The van der Waals surface area contributed by atoms with Crippen molar-refractivity contribution in [3.8, 4) is 17.2 Å². The third kappa shape index (κ3) is 4.70. The minimum absolute atomic E-state index is 0.499. The van der Waals surface area contributed by atoms with Gasteiger partial charge in [0.05, 0.1) is 0 Å². The number of alkyl carbamates (subject to hydrolysis) is 1. The molecule has 0 radical (unpaired) electrons. The molecule has 1 atom stereocenters. The van der Waals surface area contributed by atoms with Crippen LogP contribution in [0, 0.1) is 0 Å². The van der Waals surface area contributed by atoms with Crippen LogP contribution in [0.4, 0.5) is 4.79 Å². The van der Waals surface area contributed by atoms with Gasteiger partial charge in [-0.1, -0.05) is 30.3 Å². The number of hydrogen-bond acceptors (Lipinski definition) is 4. The van der Waals surface area contributed by atoms with Crippen LogP contribution < -0.4 is 14.8 Å². The smallest absolute Gasteiger partial charge is 0.410 e. The second kappa shape index (κ2) is 7.93. The summed E-state index contributed by atoms with van der Waals surface area (Å²) in [6.45, 7) is 3.96. The van der Waals surface area contributed by atoms with Crippen LogP contribution in [0.1, 0.15) is 13.8 Å². The van der Waals surface area contributed by atoms with E-state index in [9.17, 15) is 4.79 Å². The molecule has 2 aromatic rings. The molecule has 1 unspecified atom stereocenters. The van der Waals surface area contributed by atoms with Gasteiger partial charge in [-0.3, -0.25) is 0 Å². The van der Waals surface area contributed by atoms with Crippen LogP contribution >= 0.6 is 0 Å². The van der Waals surface area contributed by atoms with Crippen molar-refractivity contribution >= 4 is 6.09 Å². The molecule has 5 heteroatoms. The summed E-state index contributed by atoms with van der Waals surface area (Å²) in [5.41, 5.74) is 0. The van der Waals surface area contributed by atoms with Crippen molar-refractivity contribution in [2.45, 2.75) is 20.1 Å². The Hall–Kier alpha value is -2.69. The van der Waals surface area contributed by atoms with Crippen molar-refractivity contribution in [3.05, 3.63) is 54.6 Å². The fraction of sp³-hybridized carbons (Fsp3) is 0.235. The van der Waals surface area contributed by atoms with Crippen LogP contribution in [0.15, 0.2) is 54.6 Å². The molecule has 0 spiro atoms. The van der Waals surface area contributed by atoms with Crippen LogP contribution in [0.25, 0.3) is 0 Å². The van der Waals surface area contributed by atoms with Gasteiger partial charge < -0.3 is 19.5 Å². The highest BCUT2D eigenvalue weighted by molar-refractivity contribution is 5.67. The van der Waals surface area contributed by atoms with Crippen molar-refractivity contribution in [3.63, 3.8) is 0 Å². The number of hydrogen-bond donors (Lipinski definition) is 1. The number of para-hydroxylation sites is 3. The van der Waals surface area contributed by atoms with Crippen LogP contribution in [0.3, 0.4) is 0 Å². The van der Waals surface area contributed by atoms with Crippen LogP contribution in [-0.2, 0) is 4.74 Å². The van der Waals surface area contributed by atoms with E-state index in [1.54, 1.807) is 19.1 Å². The summed E-state index contributed by atoms with van der Waals surface area (Å²) in [5, 5.41) is 2.54. The second-order valence-electron chi connectivity index (χ2n) is 4.48. The topological polar surface area (TPSA) is 56.8 Å². The fourth-order valence-electron chi connectivity index (χ4n) is 1.79. The Labute approximate surface area is 129 Å². The number of benzene rings is 2. The minimum Gasteiger partial charge on any atom is -0.453 e. The predicted octanol–water partition coefficient (Wildman–Crippen LogP) is 3.95. The SMILES string of the molecule is CCNC(=O)OC(C)Oc1ccccc1Oc1ccccc1. The summed E-state index contributed by atoms with van der Waals surface area (Å²) < 4.78 is 16.5. The Morgan fingerprint density at radius 1 is 1.05 bits per heavy atom. The van der Waals surface area contributed by atoms with Gasteiger partial charge in [-0.2, -0.15) is 0 Å². The standard InChI is InChI=1S/C17H19NO4/c1-3-18-17(19)21-13(2)20-15-11-7-8-12-16(15)22-14-9-5-4-6-10-14/h4-13H,3H2,1-2H3,(H,18,19). The summed E-state index contributed by atoms with van der Waals surface area (Å²) in [7, 11) is 0. The zero-order chi connectivity index (χ0) is 15.8. The fourth-order valence-corrected chi connectivity index (χ4v) is 1.79. The van der Waals surface area contributed by atoms with Crippen molar-refractivity contribution in [1.82, 2.24) is 5.32 Å². The first-order valence-electron chi connectivity index (χ1n) is 7.12. The zero-order valence-electron chi connectivity index (χ0n) is 12.6. The molecular formula is C17H19NO4. The molecule has 0 aromatic heterocycles. The average molecular weight is 301 g/mol. The summed E-state index contributed by atoms with van der Waals surface area (Å²) in [4.78, 5) is 11.4. The molecule has 2 rings (SSSR count). The van der Waals surface area contributed by atoms with Gasteiger partial charge in [0, 0.05) is 13.5 Å². The molecule has 116 valence electrons. The van der Waals surface area contributed by atoms with E-state index in [2.05, 4.69) is 5.32 Å². The maximum absolute atomic E-state index is 11.4. The van der Waals surface area contributed by atoms with Gasteiger partial charge >= 0.3 is 6.09 Å². The van der Waals surface area contributed by atoms with E-state index in [0.717, 1.165) is 0 Å². The number of amides is 1. The molecule has 0 aliphatic carbocycles. The highest BCUT2D eigenvalue weighted by Gasteiger charge is 2.13. The molecule has 1 amide bonds. The van der Waals surface area contributed by atoms with Crippen molar-refractivity contribution in [2.75, 3.05) is 6.54 Å². The van der Waals surface area contributed by atoms with E-state index in [0.29, 0.717) is 23.8 Å². The maximum atomic E-state index is 11.4. The summed E-state index contributed by atoms with van der Waals surface area (Å²) in [6.07, 6.45) is -1.25. The lowest BCUT2D eigenvalue weighted by Crippen LogP contribution is -2.30. The zero-order valence-corrected chi connectivity index (χ0v) is 12.6. The first-order valence-corrected chi connectivity index (χ1v) is 7.12. The second-order valence-corrected chi connectivity index (χ2v) is 4.48. The van der Waals surface area contributed by atoms with E-state index in [-0.39, 0.29) is 0 Å². The van der Waals surface area contributed by atoms with Gasteiger partial charge in [-0.15, -0.1) is 0 Å². The average Bonchev–Trinajstić information content (AvgIpc) is 2.50. The van der Waals surface area contributed by atoms with E-state index >= 15 is 0 Å². The number of nitrogens with one attached hydrogen (secondary N) is 1. The Morgan fingerprint density at radius 3 is 2.36 bits per heavy atom. The lowest BCUT2D eigenvalue weighted by molar-refractivity contribution is -0.0190. The number of carbonyl (C=O) groups is 1. The molecule has 0 bridgehead atoms. The van der Waals surface area contributed by atoms with Crippen molar-refractivity contribution in [1.29, 1.82) is 0 Å². The molecule has 0 heterocycles. The first-order chi connectivity index (χ1) is 10.7. The maximum Gasteiger partial charge on any atom is 0.410 e. The predicted molar refractivity (Wildman–Crippen MR) is 83.2 cm³/mol. The summed E-state index contributed by atoms with van der Waals surface area (Å²) in [5.74, 6) is 1.76. The molecule has 5 nitrogen and oxygen atoms in total. The molecule has 0 aliphatic rings. The van der Waals surface area contributed by atoms with Crippen LogP contribution in [0.5, 0.6) is 17.2 Å². The normalized spacial score (nSPS) is 11.4. The molecule has 22 heavy (non-hydrogen) atoms. The Kier molecular flexibility index (Phi) is 5.65. The van der Waals surface area contributed by atoms with Crippen LogP contribution in [-0.4, -0.2) is 18.9 Å². The van der Waals surface area contributed by atoms with Gasteiger partial charge in [0.2, 0.25) is 6.29 Å². The molecule has 0 fully saturated rings. The van der Waals surface area contributed by atoms with Gasteiger partial charge in [-0.25, -0.2) is 4.79 Å².